The molecule has 4 heterocycles. The lowest BCUT2D eigenvalue weighted by molar-refractivity contribution is -0.181. The number of rotatable bonds is 3. The maximum Gasteiger partial charge on any atom is 0.275 e. The number of carbonyl (C=O) groups is 2. The van der Waals surface area contributed by atoms with Crippen LogP contribution in [0.2, 0.25) is 0 Å². The highest BCUT2D eigenvalue weighted by Crippen LogP contribution is 2.31. The van der Waals surface area contributed by atoms with E-state index < -0.39 is 11.7 Å². The highest BCUT2D eigenvalue weighted by molar-refractivity contribution is 6.03. The number of nitrogens with one attached hydrogen (secondary N) is 1. The molecule has 2 aromatic heterocycles. The van der Waals surface area contributed by atoms with E-state index in [4.69, 9.17) is 14.0 Å². The van der Waals surface area contributed by atoms with Crippen LogP contribution in [0, 0.1) is 6.92 Å². The lowest BCUT2D eigenvalue weighted by atomic mass is 10.0. The molecular weight excluding hydrogens is 352 g/mol. The third-order valence-electron chi connectivity index (χ3n) is 4.70. The fourth-order valence-corrected chi connectivity index (χ4v) is 3.28. The molecule has 2 amide bonds. The number of pyridine rings is 1. The Morgan fingerprint density at radius 3 is 2.52 bits per heavy atom. The van der Waals surface area contributed by atoms with Gasteiger partial charge in [-0.3, -0.25) is 9.59 Å². The maximum absolute atomic E-state index is 12.8. The van der Waals surface area contributed by atoms with Crippen LogP contribution < -0.4 is 5.32 Å². The van der Waals surface area contributed by atoms with E-state index in [1.165, 1.54) is 0 Å². The van der Waals surface area contributed by atoms with E-state index in [0.29, 0.717) is 50.7 Å². The van der Waals surface area contributed by atoms with Crippen LogP contribution in [0.5, 0.6) is 0 Å². The summed E-state index contributed by atoms with van der Waals surface area (Å²) in [6, 6.07) is 6.39. The Hall–Kier alpha value is -2.78. The molecule has 0 radical (unpaired) electrons. The maximum atomic E-state index is 12.8. The van der Waals surface area contributed by atoms with E-state index in [1.54, 1.807) is 36.1 Å². The Balaban J connectivity index is 1.42. The first-order chi connectivity index (χ1) is 13.0. The normalized spacial score (nSPS) is 18.6. The predicted octanol–water partition coefficient (Wildman–Crippen LogP) is 1.61. The standard InChI is InChI=1S/C18H20N4O5/c1-12-11-15(21-27-12)20-16(23)13-3-2-4-14(19-13)17(24)22-7-5-18(6-8-22)25-9-10-26-18/h2-4,11H,5-10H2,1H3,(H,20,21,23). The molecule has 2 aliphatic heterocycles. The summed E-state index contributed by atoms with van der Waals surface area (Å²) < 4.78 is 16.3. The molecule has 1 N–H and O–H groups in total. The van der Waals surface area contributed by atoms with Crippen LogP contribution in [-0.2, 0) is 9.47 Å². The minimum Gasteiger partial charge on any atom is -0.360 e. The molecule has 9 nitrogen and oxygen atoms in total. The first-order valence-electron chi connectivity index (χ1n) is 8.84. The van der Waals surface area contributed by atoms with Crippen LogP contribution >= 0.6 is 0 Å². The SMILES string of the molecule is Cc1cc(NC(=O)c2cccc(C(=O)N3CCC4(CC3)OCCO4)n2)no1. The van der Waals surface area contributed by atoms with Crippen molar-refractivity contribution in [2.45, 2.75) is 25.6 Å². The summed E-state index contributed by atoms with van der Waals surface area (Å²) in [4.78, 5) is 31.0. The summed E-state index contributed by atoms with van der Waals surface area (Å²) in [6.45, 7) is 3.96. The second-order valence-corrected chi connectivity index (χ2v) is 6.58. The van der Waals surface area contributed by atoms with Gasteiger partial charge in [-0.05, 0) is 19.1 Å². The zero-order valence-corrected chi connectivity index (χ0v) is 14.9. The van der Waals surface area contributed by atoms with Gasteiger partial charge in [-0.1, -0.05) is 11.2 Å². The van der Waals surface area contributed by atoms with Crippen molar-refractivity contribution >= 4 is 17.6 Å². The van der Waals surface area contributed by atoms with Crippen molar-refractivity contribution in [1.82, 2.24) is 15.0 Å². The highest BCUT2D eigenvalue weighted by Gasteiger charge is 2.41. The average Bonchev–Trinajstić information content (AvgIpc) is 3.31. The second kappa shape index (κ2) is 7.09. The Morgan fingerprint density at radius 2 is 1.85 bits per heavy atom. The molecule has 1 spiro atoms. The first-order valence-corrected chi connectivity index (χ1v) is 8.84. The van der Waals surface area contributed by atoms with E-state index in [0.717, 1.165) is 0 Å². The van der Waals surface area contributed by atoms with E-state index in [2.05, 4.69) is 15.5 Å². The molecule has 0 aliphatic carbocycles. The predicted molar refractivity (Wildman–Crippen MR) is 93.2 cm³/mol. The number of nitrogens with zero attached hydrogens (tertiary/aromatic N) is 3. The van der Waals surface area contributed by atoms with Gasteiger partial charge >= 0.3 is 0 Å². The summed E-state index contributed by atoms with van der Waals surface area (Å²) in [7, 11) is 0. The fraction of sp³-hybridized carbons (Fsp3) is 0.444. The highest BCUT2D eigenvalue weighted by atomic mass is 16.7. The summed E-state index contributed by atoms with van der Waals surface area (Å²) in [5.74, 6) is -0.325. The molecule has 4 rings (SSSR count). The van der Waals surface area contributed by atoms with Crippen molar-refractivity contribution < 1.29 is 23.6 Å². The zero-order chi connectivity index (χ0) is 18.9. The molecule has 2 saturated heterocycles. The fourth-order valence-electron chi connectivity index (χ4n) is 3.28. The Labute approximate surface area is 155 Å². The van der Waals surface area contributed by atoms with Crippen molar-refractivity contribution in [3.05, 3.63) is 41.4 Å². The zero-order valence-electron chi connectivity index (χ0n) is 14.9. The molecule has 9 heteroatoms. The summed E-state index contributed by atoms with van der Waals surface area (Å²) in [5, 5.41) is 6.31. The third-order valence-corrected chi connectivity index (χ3v) is 4.70. The van der Waals surface area contributed by atoms with Crippen molar-refractivity contribution in [3.63, 3.8) is 0 Å². The molecule has 0 unspecified atom stereocenters. The Morgan fingerprint density at radius 1 is 1.15 bits per heavy atom. The van der Waals surface area contributed by atoms with Gasteiger partial charge in [-0.2, -0.15) is 0 Å². The number of hydrogen-bond acceptors (Lipinski definition) is 7. The molecule has 27 heavy (non-hydrogen) atoms. The Kier molecular flexibility index (Phi) is 4.63. The monoisotopic (exact) mass is 372 g/mol. The number of amides is 2. The number of aryl methyl sites for hydroxylation is 1. The summed E-state index contributed by atoms with van der Waals surface area (Å²) in [6.07, 6.45) is 1.26. The van der Waals surface area contributed by atoms with Crippen molar-refractivity contribution in [2.75, 3.05) is 31.6 Å². The number of likely N-dealkylation sites (tertiary alicyclic amines) is 1. The number of anilines is 1. The van der Waals surface area contributed by atoms with E-state index >= 15 is 0 Å². The smallest absolute Gasteiger partial charge is 0.275 e. The minimum atomic E-state index is -0.540. The van der Waals surface area contributed by atoms with Crippen LogP contribution in [0.15, 0.2) is 28.8 Å². The van der Waals surface area contributed by atoms with Gasteiger partial charge in [0.15, 0.2) is 11.6 Å². The lowest BCUT2D eigenvalue weighted by Gasteiger charge is -2.37. The van der Waals surface area contributed by atoms with Crippen molar-refractivity contribution in [2.24, 2.45) is 0 Å². The molecule has 2 fully saturated rings. The van der Waals surface area contributed by atoms with Gasteiger partial charge in [0, 0.05) is 32.0 Å². The topological polar surface area (TPSA) is 107 Å². The van der Waals surface area contributed by atoms with E-state index in [1.807, 2.05) is 0 Å². The molecule has 0 aromatic carbocycles. The van der Waals surface area contributed by atoms with Gasteiger partial charge in [0.1, 0.15) is 17.1 Å². The number of hydrogen-bond donors (Lipinski definition) is 1. The third kappa shape index (κ3) is 3.69. The van der Waals surface area contributed by atoms with Gasteiger partial charge in [-0.25, -0.2) is 4.98 Å². The number of ether oxygens (including phenoxy) is 2. The molecule has 0 saturated carbocycles. The largest absolute Gasteiger partial charge is 0.360 e. The molecule has 142 valence electrons. The molecule has 0 bridgehead atoms. The van der Waals surface area contributed by atoms with Crippen LogP contribution in [0.4, 0.5) is 5.82 Å². The van der Waals surface area contributed by atoms with Crippen LogP contribution in [-0.4, -0.2) is 58.9 Å². The quantitative estimate of drug-likeness (QED) is 0.872. The Bertz CT molecular complexity index is 849. The van der Waals surface area contributed by atoms with Gasteiger partial charge in [0.2, 0.25) is 0 Å². The van der Waals surface area contributed by atoms with Gasteiger partial charge in [0.05, 0.1) is 13.2 Å². The number of carbonyl (C=O) groups excluding carboxylic acids is 2. The van der Waals surface area contributed by atoms with Crippen LogP contribution in [0.25, 0.3) is 0 Å². The average molecular weight is 372 g/mol. The van der Waals surface area contributed by atoms with Crippen molar-refractivity contribution in [1.29, 1.82) is 0 Å². The number of piperidine rings is 1. The first kappa shape index (κ1) is 17.6. The second-order valence-electron chi connectivity index (χ2n) is 6.58. The van der Waals surface area contributed by atoms with Crippen LogP contribution in [0.3, 0.4) is 0 Å². The van der Waals surface area contributed by atoms with Crippen LogP contribution in [0.1, 0.15) is 39.6 Å². The van der Waals surface area contributed by atoms with Gasteiger partial charge in [-0.15, -0.1) is 0 Å². The molecular formula is C18H20N4O5. The lowest BCUT2D eigenvalue weighted by Crippen LogP contribution is -2.47. The van der Waals surface area contributed by atoms with Gasteiger partial charge in [0.25, 0.3) is 11.8 Å². The van der Waals surface area contributed by atoms with E-state index in [-0.39, 0.29) is 17.3 Å². The van der Waals surface area contributed by atoms with Crippen molar-refractivity contribution in [3.8, 4) is 0 Å². The summed E-state index contributed by atoms with van der Waals surface area (Å²) in [5.41, 5.74) is 0.362. The summed E-state index contributed by atoms with van der Waals surface area (Å²) >= 11 is 0. The molecule has 2 aliphatic rings. The molecule has 2 aromatic rings. The minimum absolute atomic E-state index is 0.137. The number of aromatic nitrogens is 2. The van der Waals surface area contributed by atoms with E-state index in [9.17, 15) is 9.59 Å². The molecule has 0 atom stereocenters. The van der Waals surface area contributed by atoms with Gasteiger partial charge < -0.3 is 24.2 Å².